The van der Waals surface area contributed by atoms with E-state index < -0.39 is 6.04 Å². The largest absolute Gasteiger partial charge is 0.467 e. The van der Waals surface area contributed by atoms with Crippen molar-refractivity contribution in [3.63, 3.8) is 0 Å². The van der Waals surface area contributed by atoms with Gasteiger partial charge in [0.1, 0.15) is 6.04 Å². The molecule has 0 saturated heterocycles. The summed E-state index contributed by atoms with van der Waals surface area (Å²) in [6.07, 6.45) is 2.58. The van der Waals surface area contributed by atoms with Gasteiger partial charge < -0.3 is 15.4 Å². The average molecular weight is 359 g/mol. The maximum absolute atomic E-state index is 12.1. The smallest absolute Gasteiger partial charge is 0.328 e. The number of amides is 1. The van der Waals surface area contributed by atoms with Gasteiger partial charge in [0.25, 0.3) is 0 Å². The van der Waals surface area contributed by atoms with Crippen LogP contribution in [-0.4, -0.2) is 25.0 Å². The molecule has 1 amide bonds. The number of ether oxygens (including phenoxy) is 1. The molecule has 2 N–H and O–H groups in total. The van der Waals surface area contributed by atoms with Crippen LogP contribution in [0.15, 0.2) is 12.1 Å². The van der Waals surface area contributed by atoms with Crippen LogP contribution in [0.4, 0.5) is 5.69 Å². The van der Waals surface area contributed by atoms with Gasteiger partial charge >= 0.3 is 5.97 Å². The lowest BCUT2D eigenvalue weighted by Crippen LogP contribution is -2.41. The molecular weight excluding hydrogens is 339 g/mol. The second-order valence-electron chi connectivity index (χ2n) is 5.53. The molecule has 0 spiro atoms. The number of hydrogen-bond donors (Lipinski definition) is 2. The summed E-state index contributed by atoms with van der Waals surface area (Å²) in [6, 6.07) is 2.42. The molecule has 0 bridgehead atoms. The van der Waals surface area contributed by atoms with Gasteiger partial charge in [-0.1, -0.05) is 36.5 Å². The maximum Gasteiger partial charge on any atom is 0.328 e. The van der Waals surface area contributed by atoms with Crippen molar-refractivity contribution >= 4 is 40.8 Å². The highest BCUT2D eigenvalue weighted by atomic mass is 35.5. The van der Waals surface area contributed by atoms with Gasteiger partial charge in [0, 0.05) is 34.1 Å². The summed E-state index contributed by atoms with van der Waals surface area (Å²) in [6.45, 7) is 2.03. The van der Waals surface area contributed by atoms with Gasteiger partial charge in [-0.2, -0.15) is 0 Å². The molecule has 126 valence electrons. The second-order valence-corrected chi connectivity index (χ2v) is 6.37. The van der Waals surface area contributed by atoms with Crippen molar-refractivity contribution in [2.75, 3.05) is 12.4 Å². The lowest BCUT2D eigenvalue weighted by Gasteiger charge is -2.33. The van der Waals surface area contributed by atoms with Crippen LogP contribution >= 0.6 is 23.2 Å². The van der Waals surface area contributed by atoms with Crippen molar-refractivity contribution in [1.29, 1.82) is 0 Å². The number of hydrogen-bond acceptors (Lipinski definition) is 4. The van der Waals surface area contributed by atoms with Gasteiger partial charge in [0.05, 0.1) is 13.2 Å². The quantitative estimate of drug-likeness (QED) is 0.787. The van der Waals surface area contributed by atoms with E-state index in [2.05, 4.69) is 10.6 Å². The number of esters is 1. The summed E-state index contributed by atoms with van der Waals surface area (Å²) in [5.41, 5.74) is 1.39. The van der Waals surface area contributed by atoms with E-state index in [0.717, 1.165) is 18.4 Å². The van der Waals surface area contributed by atoms with E-state index in [1.54, 1.807) is 12.1 Å². The Bertz CT molecular complexity index is 607. The first-order valence-corrected chi connectivity index (χ1v) is 8.34. The Morgan fingerprint density at radius 1 is 1.39 bits per heavy atom. The van der Waals surface area contributed by atoms with E-state index in [4.69, 9.17) is 27.9 Å². The molecule has 0 saturated carbocycles. The molecule has 0 aliphatic carbocycles. The van der Waals surface area contributed by atoms with Crippen molar-refractivity contribution in [1.82, 2.24) is 5.32 Å². The van der Waals surface area contributed by atoms with Crippen LogP contribution in [0.2, 0.25) is 10.0 Å². The standard InChI is InChI=1S/C16H20Cl2N2O3/c1-3-4-5-14(21)20-12-8-13(16(22)23-2)19-11-7-9(17)6-10(18)15(11)12/h6-7,12-13,19H,3-5,8H2,1-2H3,(H,20,21)/t12-,13+/m0/s1. The molecular formula is C16H20Cl2N2O3. The average Bonchev–Trinajstić information content (AvgIpc) is 2.50. The first kappa shape index (κ1) is 17.9. The van der Waals surface area contributed by atoms with Crippen LogP contribution in [-0.2, 0) is 14.3 Å². The zero-order valence-corrected chi connectivity index (χ0v) is 14.6. The Morgan fingerprint density at radius 3 is 2.78 bits per heavy atom. The van der Waals surface area contributed by atoms with Gasteiger partial charge in [0.2, 0.25) is 5.91 Å². The van der Waals surface area contributed by atoms with Crippen LogP contribution < -0.4 is 10.6 Å². The molecule has 7 heteroatoms. The number of carbonyl (C=O) groups excluding carboxylic acids is 2. The lowest BCUT2D eigenvalue weighted by atomic mass is 9.92. The van der Waals surface area contributed by atoms with E-state index in [9.17, 15) is 9.59 Å². The Labute approximate surface area is 145 Å². The molecule has 5 nitrogen and oxygen atoms in total. The number of unbranched alkanes of at least 4 members (excludes halogenated alkanes) is 1. The van der Waals surface area contributed by atoms with Gasteiger partial charge in [-0.15, -0.1) is 0 Å². The minimum absolute atomic E-state index is 0.0562. The summed E-state index contributed by atoms with van der Waals surface area (Å²) in [5, 5.41) is 6.97. The van der Waals surface area contributed by atoms with Crippen LogP contribution in [0.3, 0.4) is 0 Å². The van der Waals surface area contributed by atoms with Gasteiger partial charge in [0.15, 0.2) is 0 Å². The summed E-state index contributed by atoms with van der Waals surface area (Å²) in [7, 11) is 1.33. The van der Waals surface area contributed by atoms with E-state index in [1.165, 1.54) is 7.11 Å². The van der Waals surface area contributed by atoms with E-state index in [0.29, 0.717) is 28.6 Å². The zero-order chi connectivity index (χ0) is 17.0. The topological polar surface area (TPSA) is 67.4 Å². The molecule has 0 radical (unpaired) electrons. The van der Waals surface area contributed by atoms with Crippen LogP contribution in [0.5, 0.6) is 0 Å². The number of nitrogens with one attached hydrogen (secondary N) is 2. The van der Waals surface area contributed by atoms with Gasteiger partial charge in [-0.05, 0) is 18.6 Å². The molecule has 2 rings (SSSR count). The normalized spacial score (nSPS) is 19.5. The van der Waals surface area contributed by atoms with E-state index in [1.807, 2.05) is 6.92 Å². The Balaban J connectivity index is 2.29. The predicted octanol–water partition coefficient (Wildman–Crippen LogP) is 3.70. The fourth-order valence-corrected chi connectivity index (χ4v) is 3.32. The lowest BCUT2D eigenvalue weighted by molar-refractivity contribution is -0.142. The number of fused-ring (bicyclic) bond motifs is 1. The van der Waals surface area contributed by atoms with Gasteiger partial charge in [-0.25, -0.2) is 4.79 Å². The number of rotatable bonds is 5. The first-order chi connectivity index (χ1) is 11.0. The number of halogens is 2. The minimum atomic E-state index is -0.557. The highest BCUT2D eigenvalue weighted by molar-refractivity contribution is 6.35. The summed E-state index contributed by atoms with van der Waals surface area (Å²) in [4.78, 5) is 24.0. The van der Waals surface area contributed by atoms with Crippen LogP contribution in [0, 0.1) is 0 Å². The second kappa shape index (κ2) is 7.88. The van der Waals surface area contributed by atoms with Crippen LogP contribution in [0.25, 0.3) is 0 Å². The van der Waals surface area contributed by atoms with Crippen molar-refractivity contribution < 1.29 is 14.3 Å². The third-order valence-corrected chi connectivity index (χ3v) is 4.35. The number of carbonyl (C=O) groups is 2. The van der Waals surface area contributed by atoms with Crippen molar-refractivity contribution in [2.45, 2.75) is 44.7 Å². The Hall–Kier alpha value is -1.46. The van der Waals surface area contributed by atoms with Crippen molar-refractivity contribution in [3.8, 4) is 0 Å². The highest BCUT2D eigenvalue weighted by Gasteiger charge is 2.34. The predicted molar refractivity (Wildman–Crippen MR) is 90.9 cm³/mol. The van der Waals surface area contributed by atoms with Gasteiger partial charge in [-0.3, -0.25) is 4.79 Å². The summed E-state index contributed by atoms with van der Waals surface area (Å²) in [5.74, 6) is -0.445. The zero-order valence-electron chi connectivity index (χ0n) is 13.1. The molecule has 23 heavy (non-hydrogen) atoms. The molecule has 1 aliphatic heterocycles. The third-order valence-electron chi connectivity index (χ3n) is 3.82. The summed E-state index contributed by atoms with van der Waals surface area (Å²) < 4.78 is 4.80. The molecule has 0 fully saturated rings. The minimum Gasteiger partial charge on any atom is -0.467 e. The van der Waals surface area contributed by atoms with Crippen molar-refractivity contribution in [2.24, 2.45) is 0 Å². The van der Waals surface area contributed by atoms with Crippen LogP contribution in [0.1, 0.15) is 44.2 Å². The monoisotopic (exact) mass is 358 g/mol. The molecule has 0 unspecified atom stereocenters. The highest BCUT2D eigenvalue weighted by Crippen LogP contribution is 2.40. The number of benzene rings is 1. The van der Waals surface area contributed by atoms with E-state index >= 15 is 0 Å². The number of methoxy groups -OCH3 is 1. The van der Waals surface area contributed by atoms with Crippen molar-refractivity contribution in [3.05, 3.63) is 27.7 Å². The van der Waals surface area contributed by atoms with E-state index in [-0.39, 0.29) is 17.9 Å². The molecule has 1 aromatic rings. The maximum atomic E-state index is 12.1. The SMILES string of the molecule is CCCCC(=O)N[C@H]1C[C@H](C(=O)OC)Nc2cc(Cl)cc(Cl)c21. The number of anilines is 1. The Kier molecular flexibility index (Phi) is 6.13. The fourth-order valence-electron chi connectivity index (χ4n) is 2.69. The third kappa shape index (κ3) is 4.30. The molecule has 1 aliphatic rings. The summed E-state index contributed by atoms with van der Waals surface area (Å²) >= 11 is 12.3. The fraction of sp³-hybridized carbons (Fsp3) is 0.500. The molecule has 1 aromatic carbocycles. The molecule has 2 atom stereocenters. The first-order valence-electron chi connectivity index (χ1n) is 7.59. The molecule has 1 heterocycles. The molecule has 0 aromatic heterocycles. The Morgan fingerprint density at radius 2 is 2.13 bits per heavy atom.